The first kappa shape index (κ1) is 25.2. The summed E-state index contributed by atoms with van der Waals surface area (Å²) in [5, 5.41) is 0.361. The van der Waals surface area contributed by atoms with Gasteiger partial charge in [0.15, 0.2) is 5.82 Å². The van der Waals surface area contributed by atoms with Gasteiger partial charge in [0.25, 0.3) is 5.56 Å². The molecule has 0 N–H and O–H groups in total. The van der Waals surface area contributed by atoms with E-state index in [0.717, 1.165) is 38.9 Å². The molecule has 1 aliphatic heterocycles. The van der Waals surface area contributed by atoms with Crippen molar-refractivity contribution in [1.29, 1.82) is 0 Å². The van der Waals surface area contributed by atoms with Crippen molar-refractivity contribution < 1.29 is 22.8 Å². The Bertz CT molecular complexity index is 1240. The maximum absolute atomic E-state index is 12.9. The predicted octanol–water partition coefficient (Wildman–Crippen LogP) is 4.16. The minimum Gasteiger partial charge on any atom is -0.323 e. The van der Waals surface area contributed by atoms with E-state index in [9.17, 15) is 22.8 Å². The van der Waals surface area contributed by atoms with E-state index in [1.807, 2.05) is 18.2 Å². The van der Waals surface area contributed by atoms with E-state index in [2.05, 4.69) is 26.9 Å². The smallest absolute Gasteiger partial charge is 0.323 e. The highest BCUT2D eigenvalue weighted by Gasteiger charge is 2.42. The van der Waals surface area contributed by atoms with Crippen LogP contribution in [-0.4, -0.2) is 51.6 Å². The van der Waals surface area contributed by atoms with Crippen LogP contribution in [-0.2, 0) is 17.0 Å². The van der Waals surface area contributed by atoms with Crippen LogP contribution in [0.1, 0.15) is 29.8 Å². The third-order valence-corrected chi connectivity index (χ3v) is 7.44. The van der Waals surface area contributed by atoms with E-state index < -0.39 is 17.7 Å². The molecule has 0 unspecified atom stereocenters. The number of rotatable bonds is 7. The first-order chi connectivity index (χ1) is 16.7. The summed E-state index contributed by atoms with van der Waals surface area (Å²) >= 11 is 1.52. The monoisotopic (exact) mass is 505 g/mol. The molecule has 3 aromatic rings. The third-order valence-electron chi connectivity index (χ3n) is 6.08. The number of carbonyl (C=O) groups excluding carboxylic acids is 1. The number of piperidine rings is 1. The van der Waals surface area contributed by atoms with E-state index in [0.29, 0.717) is 15.8 Å². The molecule has 0 spiro atoms. The Morgan fingerprint density at radius 1 is 1.11 bits per heavy atom. The summed E-state index contributed by atoms with van der Waals surface area (Å²) in [4.78, 5) is 35.7. The Kier molecular flexibility index (Phi) is 7.81. The maximum Gasteiger partial charge on any atom is 0.493 e. The lowest BCUT2D eigenvalue weighted by Crippen LogP contribution is -2.40. The molecule has 0 amide bonds. The van der Waals surface area contributed by atoms with E-state index in [-0.39, 0.29) is 22.2 Å². The van der Waals surface area contributed by atoms with Crippen LogP contribution in [0.4, 0.5) is 13.2 Å². The molecule has 2 heterocycles. The number of hydrogen-bond acceptors (Lipinski definition) is 6. The molecule has 1 saturated heterocycles. The van der Waals surface area contributed by atoms with Gasteiger partial charge in [0.1, 0.15) is 0 Å². The Morgan fingerprint density at radius 3 is 2.51 bits per heavy atom. The van der Waals surface area contributed by atoms with Crippen LogP contribution < -0.4 is 10.4 Å². The standard InChI is InChI=1S/C25H26F3N3O3S/c1-17-6-5-9-20-22(17)29-21(31(23(20)32)34-24(33)25(26,27)28)16-35-19-11-14-30(15-12-19)13-10-18-7-3-2-4-8-18/h2-9,19H,10-16H2,1H3. The maximum atomic E-state index is 12.9. The van der Waals surface area contributed by atoms with Crippen LogP contribution in [0.25, 0.3) is 10.9 Å². The SMILES string of the molecule is Cc1cccc2c(=O)n(OC(=O)C(F)(F)F)c(CSC3CCN(CCc4ccccc4)CC3)nc12. The fourth-order valence-corrected chi connectivity index (χ4v) is 5.24. The van der Waals surface area contributed by atoms with Gasteiger partial charge in [-0.05, 0) is 56.5 Å². The van der Waals surface area contributed by atoms with Crippen LogP contribution in [0.15, 0.2) is 53.3 Å². The first-order valence-corrected chi connectivity index (χ1v) is 12.5. The van der Waals surface area contributed by atoms with Crippen LogP contribution in [0.2, 0.25) is 0 Å². The molecule has 1 aliphatic rings. The lowest BCUT2D eigenvalue weighted by Gasteiger charge is -2.31. The van der Waals surface area contributed by atoms with Gasteiger partial charge >= 0.3 is 12.1 Å². The topological polar surface area (TPSA) is 64.4 Å². The van der Waals surface area contributed by atoms with E-state index in [4.69, 9.17) is 0 Å². The molecule has 2 aromatic carbocycles. The van der Waals surface area contributed by atoms with Crippen molar-refractivity contribution in [1.82, 2.24) is 14.6 Å². The zero-order valence-electron chi connectivity index (χ0n) is 19.3. The molecule has 35 heavy (non-hydrogen) atoms. The van der Waals surface area contributed by atoms with Gasteiger partial charge in [-0.15, -0.1) is 4.73 Å². The van der Waals surface area contributed by atoms with Crippen LogP contribution in [0.3, 0.4) is 0 Å². The summed E-state index contributed by atoms with van der Waals surface area (Å²) in [5.74, 6) is -2.31. The number of likely N-dealkylation sites (tertiary alicyclic amines) is 1. The lowest BCUT2D eigenvalue weighted by atomic mass is 10.1. The number of halogens is 3. The molecular formula is C25H26F3N3O3S. The van der Waals surface area contributed by atoms with Gasteiger partial charge in [-0.2, -0.15) is 24.9 Å². The van der Waals surface area contributed by atoms with Crippen molar-refractivity contribution in [3.63, 3.8) is 0 Å². The number of aryl methyl sites for hydroxylation is 1. The minimum absolute atomic E-state index is 0.00842. The second kappa shape index (κ2) is 10.8. The lowest BCUT2D eigenvalue weighted by molar-refractivity contribution is -0.200. The molecule has 10 heteroatoms. The number of aromatic nitrogens is 2. The van der Waals surface area contributed by atoms with E-state index in [1.165, 1.54) is 23.4 Å². The number of benzene rings is 2. The van der Waals surface area contributed by atoms with Crippen molar-refractivity contribution in [2.45, 2.75) is 43.4 Å². The number of para-hydroxylation sites is 1. The zero-order chi connectivity index (χ0) is 25.0. The van der Waals surface area contributed by atoms with Gasteiger partial charge in [-0.3, -0.25) is 4.79 Å². The van der Waals surface area contributed by atoms with Crippen molar-refractivity contribution in [2.75, 3.05) is 19.6 Å². The Morgan fingerprint density at radius 2 is 1.83 bits per heavy atom. The van der Waals surface area contributed by atoms with Crippen LogP contribution in [0, 0.1) is 6.92 Å². The number of alkyl halides is 3. The van der Waals surface area contributed by atoms with Crippen molar-refractivity contribution >= 4 is 28.6 Å². The average molecular weight is 506 g/mol. The Hall–Kier alpha value is -2.85. The van der Waals surface area contributed by atoms with Gasteiger partial charge in [-0.25, -0.2) is 9.78 Å². The van der Waals surface area contributed by atoms with Gasteiger partial charge in [-0.1, -0.05) is 42.5 Å². The highest BCUT2D eigenvalue weighted by Crippen LogP contribution is 2.27. The van der Waals surface area contributed by atoms with Crippen molar-refractivity contribution in [2.24, 2.45) is 0 Å². The molecule has 0 bridgehead atoms. The number of carbonyl (C=O) groups is 1. The summed E-state index contributed by atoms with van der Waals surface area (Å²) in [6.07, 6.45) is -2.41. The van der Waals surface area contributed by atoms with Crippen molar-refractivity contribution in [3.8, 4) is 0 Å². The molecule has 0 radical (unpaired) electrons. The van der Waals surface area contributed by atoms with Gasteiger partial charge in [0, 0.05) is 11.8 Å². The number of hydrogen-bond donors (Lipinski definition) is 0. The fourth-order valence-electron chi connectivity index (χ4n) is 4.12. The predicted molar refractivity (Wildman–Crippen MR) is 129 cm³/mol. The molecule has 1 aromatic heterocycles. The molecule has 1 fully saturated rings. The molecular weight excluding hydrogens is 479 g/mol. The molecule has 6 nitrogen and oxygen atoms in total. The van der Waals surface area contributed by atoms with Crippen LogP contribution in [0.5, 0.6) is 0 Å². The second-order valence-corrected chi connectivity index (χ2v) is 9.85. The second-order valence-electron chi connectivity index (χ2n) is 8.56. The quantitative estimate of drug-likeness (QED) is 0.481. The summed E-state index contributed by atoms with van der Waals surface area (Å²) in [7, 11) is 0. The highest BCUT2D eigenvalue weighted by atomic mass is 32.2. The summed E-state index contributed by atoms with van der Waals surface area (Å²) in [6.45, 7) is 4.58. The van der Waals surface area contributed by atoms with Gasteiger partial charge in [0.05, 0.1) is 16.7 Å². The highest BCUT2D eigenvalue weighted by molar-refractivity contribution is 7.99. The molecule has 0 atom stereocenters. The van der Waals surface area contributed by atoms with E-state index >= 15 is 0 Å². The molecule has 0 saturated carbocycles. The largest absolute Gasteiger partial charge is 0.493 e. The van der Waals surface area contributed by atoms with Crippen LogP contribution >= 0.6 is 11.8 Å². The third kappa shape index (κ3) is 6.24. The summed E-state index contributed by atoms with van der Waals surface area (Å²) in [6, 6.07) is 15.1. The van der Waals surface area contributed by atoms with E-state index in [1.54, 1.807) is 19.1 Å². The Labute approximate surface area is 205 Å². The average Bonchev–Trinajstić information content (AvgIpc) is 2.84. The van der Waals surface area contributed by atoms with Crippen molar-refractivity contribution in [3.05, 3.63) is 75.8 Å². The summed E-state index contributed by atoms with van der Waals surface area (Å²) < 4.78 is 38.9. The number of thioether (sulfide) groups is 1. The zero-order valence-corrected chi connectivity index (χ0v) is 20.1. The van der Waals surface area contributed by atoms with Gasteiger partial charge < -0.3 is 9.74 Å². The Balaban J connectivity index is 1.44. The first-order valence-electron chi connectivity index (χ1n) is 11.4. The molecule has 0 aliphatic carbocycles. The number of nitrogens with zero attached hydrogens (tertiary/aromatic N) is 3. The van der Waals surface area contributed by atoms with Gasteiger partial charge in [0.2, 0.25) is 0 Å². The molecule has 186 valence electrons. The normalized spacial score (nSPS) is 15.4. The summed E-state index contributed by atoms with van der Waals surface area (Å²) in [5.41, 5.74) is 1.57. The molecule has 4 rings (SSSR count). The fraction of sp³-hybridized carbons (Fsp3) is 0.400. The minimum atomic E-state index is -5.22. The number of fused-ring (bicyclic) bond motifs is 1.